The Bertz CT molecular complexity index is 336. The minimum Gasteiger partial charge on any atom is -0.481 e. The molecule has 2 unspecified atom stereocenters. The maximum atomic E-state index is 12.3. The number of aliphatic carboxylic acids is 1. The predicted molar refractivity (Wildman–Crippen MR) is 82.8 cm³/mol. The molecular formula is C16H30N2O3. The highest BCUT2D eigenvalue weighted by Gasteiger charge is 2.25. The van der Waals surface area contributed by atoms with Gasteiger partial charge in [-0.15, -0.1) is 0 Å². The largest absolute Gasteiger partial charge is 0.481 e. The van der Waals surface area contributed by atoms with Crippen LogP contribution in [0.4, 0.5) is 0 Å². The summed E-state index contributed by atoms with van der Waals surface area (Å²) in [6.45, 7) is 5.55. The van der Waals surface area contributed by atoms with Gasteiger partial charge in [-0.2, -0.15) is 0 Å². The van der Waals surface area contributed by atoms with E-state index in [0.29, 0.717) is 5.92 Å². The second-order valence-corrected chi connectivity index (χ2v) is 6.51. The van der Waals surface area contributed by atoms with Crippen LogP contribution < -0.4 is 5.73 Å². The van der Waals surface area contributed by atoms with Gasteiger partial charge in [-0.25, -0.2) is 0 Å². The van der Waals surface area contributed by atoms with Crippen molar-refractivity contribution in [2.75, 3.05) is 13.1 Å². The fourth-order valence-electron chi connectivity index (χ4n) is 2.95. The van der Waals surface area contributed by atoms with Gasteiger partial charge in [-0.3, -0.25) is 9.59 Å². The van der Waals surface area contributed by atoms with Gasteiger partial charge in [0.05, 0.1) is 0 Å². The van der Waals surface area contributed by atoms with Crippen molar-refractivity contribution in [3.63, 3.8) is 0 Å². The average molecular weight is 298 g/mol. The highest BCUT2D eigenvalue weighted by Crippen LogP contribution is 2.23. The number of hydrogen-bond acceptors (Lipinski definition) is 3. The quantitative estimate of drug-likeness (QED) is 0.720. The smallest absolute Gasteiger partial charge is 0.303 e. The number of nitrogens with two attached hydrogens (primary N) is 1. The number of rotatable bonds is 8. The van der Waals surface area contributed by atoms with Gasteiger partial charge >= 0.3 is 5.97 Å². The maximum Gasteiger partial charge on any atom is 0.303 e. The van der Waals surface area contributed by atoms with Crippen molar-refractivity contribution in [2.45, 2.75) is 64.8 Å². The maximum absolute atomic E-state index is 12.3. The molecule has 1 aliphatic heterocycles. The van der Waals surface area contributed by atoms with E-state index in [2.05, 4.69) is 0 Å². The van der Waals surface area contributed by atoms with Crippen molar-refractivity contribution in [3.8, 4) is 0 Å². The first-order chi connectivity index (χ1) is 9.90. The van der Waals surface area contributed by atoms with E-state index in [9.17, 15) is 9.59 Å². The van der Waals surface area contributed by atoms with Crippen LogP contribution in [0.2, 0.25) is 0 Å². The molecule has 122 valence electrons. The molecule has 0 aromatic heterocycles. The molecule has 1 heterocycles. The minimum absolute atomic E-state index is 0.0688. The molecule has 3 N–H and O–H groups in total. The number of carboxylic acid groups (broad SMARTS) is 1. The number of nitrogens with zero attached hydrogens (tertiary/aromatic N) is 1. The molecule has 5 heteroatoms. The number of hydrogen-bond donors (Lipinski definition) is 2. The summed E-state index contributed by atoms with van der Waals surface area (Å²) in [7, 11) is 0. The second-order valence-electron chi connectivity index (χ2n) is 6.51. The van der Waals surface area contributed by atoms with Crippen LogP contribution in [0.5, 0.6) is 0 Å². The summed E-state index contributed by atoms with van der Waals surface area (Å²) in [5.74, 6) is 0.0467. The molecule has 0 aliphatic carbocycles. The third-order valence-corrected chi connectivity index (χ3v) is 4.41. The Hall–Kier alpha value is -1.10. The molecule has 21 heavy (non-hydrogen) atoms. The summed E-state index contributed by atoms with van der Waals surface area (Å²) in [6, 6.07) is 0.206. The van der Waals surface area contributed by atoms with E-state index in [1.807, 2.05) is 18.7 Å². The van der Waals surface area contributed by atoms with Crippen molar-refractivity contribution >= 4 is 11.9 Å². The number of amides is 1. The van der Waals surface area contributed by atoms with E-state index in [1.165, 1.54) is 0 Å². The van der Waals surface area contributed by atoms with Crippen molar-refractivity contribution in [1.29, 1.82) is 0 Å². The third kappa shape index (κ3) is 6.93. The Balaban J connectivity index is 2.26. The van der Waals surface area contributed by atoms with Crippen LogP contribution >= 0.6 is 0 Å². The van der Waals surface area contributed by atoms with Crippen LogP contribution in [0.3, 0.4) is 0 Å². The molecule has 5 nitrogen and oxygen atoms in total. The first-order valence-electron chi connectivity index (χ1n) is 8.16. The standard InChI is InChI=1S/C16H30N2O3/c1-12(4-3-5-13(2)17)16(21)18-10-8-14(9-11-18)6-7-15(19)20/h12-14H,3-11,17H2,1-2H3,(H,19,20). The van der Waals surface area contributed by atoms with E-state index in [1.54, 1.807) is 0 Å². The Morgan fingerprint density at radius 1 is 1.24 bits per heavy atom. The Morgan fingerprint density at radius 2 is 1.86 bits per heavy atom. The van der Waals surface area contributed by atoms with Crippen LogP contribution in [0.1, 0.15) is 58.8 Å². The van der Waals surface area contributed by atoms with Crippen LogP contribution in [0.25, 0.3) is 0 Å². The number of piperidine rings is 1. The average Bonchev–Trinajstić information content (AvgIpc) is 2.44. The van der Waals surface area contributed by atoms with E-state index in [-0.39, 0.29) is 24.3 Å². The topological polar surface area (TPSA) is 83.6 Å². The highest BCUT2D eigenvalue weighted by molar-refractivity contribution is 5.78. The number of likely N-dealkylation sites (tertiary alicyclic amines) is 1. The van der Waals surface area contributed by atoms with Gasteiger partial charge in [-0.1, -0.05) is 13.3 Å². The lowest BCUT2D eigenvalue weighted by molar-refractivity contribution is -0.139. The molecule has 0 aromatic rings. The van der Waals surface area contributed by atoms with Crippen LogP contribution in [0.15, 0.2) is 0 Å². The lowest BCUT2D eigenvalue weighted by Gasteiger charge is -2.33. The minimum atomic E-state index is -0.726. The van der Waals surface area contributed by atoms with E-state index < -0.39 is 5.97 Å². The van der Waals surface area contributed by atoms with Gasteiger partial charge in [0.2, 0.25) is 5.91 Å². The lowest BCUT2D eigenvalue weighted by atomic mass is 9.91. The van der Waals surface area contributed by atoms with Crippen LogP contribution in [-0.2, 0) is 9.59 Å². The zero-order valence-electron chi connectivity index (χ0n) is 13.4. The molecule has 0 spiro atoms. The molecule has 1 amide bonds. The molecule has 1 rings (SSSR count). The summed E-state index contributed by atoms with van der Waals surface area (Å²) >= 11 is 0. The van der Waals surface area contributed by atoms with Crippen LogP contribution in [0, 0.1) is 11.8 Å². The zero-order chi connectivity index (χ0) is 15.8. The molecule has 1 saturated heterocycles. The SMILES string of the molecule is CC(N)CCCC(C)C(=O)N1CCC(CCC(=O)O)CC1. The summed E-state index contributed by atoms with van der Waals surface area (Å²) < 4.78 is 0. The predicted octanol–water partition coefficient (Wildman–Crippen LogP) is 2.24. The van der Waals surface area contributed by atoms with Crippen molar-refractivity contribution in [2.24, 2.45) is 17.6 Å². The summed E-state index contributed by atoms with van der Waals surface area (Å²) in [5.41, 5.74) is 5.73. The summed E-state index contributed by atoms with van der Waals surface area (Å²) in [6.07, 6.45) is 5.72. The molecule has 0 saturated carbocycles. The summed E-state index contributed by atoms with van der Waals surface area (Å²) in [4.78, 5) is 24.9. The van der Waals surface area contributed by atoms with E-state index in [4.69, 9.17) is 10.8 Å². The third-order valence-electron chi connectivity index (χ3n) is 4.41. The molecule has 2 atom stereocenters. The Kier molecular flexibility index (Phi) is 7.72. The van der Waals surface area contributed by atoms with Crippen molar-refractivity contribution < 1.29 is 14.7 Å². The van der Waals surface area contributed by atoms with Crippen molar-refractivity contribution in [3.05, 3.63) is 0 Å². The first-order valence-corrected chi connectivity index (χ1v) is 8.16. The van der Waals surface area contributed by atoms with Gasteiger partial charge in [0, 0.05) is 31.5 Å². The number of carbonyl (C=O) groups is 2. The second kappa shape index (κ2) is 9.03. The monoisotopic (exact) mass is 298 g/mol. The summed E-state index contributed by atoms with van der Waals surface area (Å²) in [5, 5.41) is 8.71. The molecule has 1 fully saturated rings. The normalized spacial score (nSPS) is 19.3. The van der Waals surface area contributed by atoms with Gasteiger partial charge in [0.25, 0.3) is 0 Å². The van der Waals surface area contributed by atoms with Gasteiger partial charge < -0.3 is 15.7 Å². The van der Waals surface area contributed by atoms with Gasteiger partial charge in [-0.05, 0) is 44.9 Å². The Labute approximate surface area is 127 Å². The van der Waals surface area contributed by atoms with E-state index >= 15 is 0 Å². The van der Waals surface area contributed by atoms with Crippen LogP contribution in [-0.4, -0.2) is 41.0 Å². The molecule has 1 aliphatic rings. The highest BCUT2D eigenvalue weighted by atomic mass is 16.4. The first kappa shape index (κ1) is 18.0. The van der Waals surface area contributed by atoms with E-state index in [0.717, 1.165) is 51.6 Å². The number of carbonyl (C=O) groups excluding carboxylic acids is 1. The van der Waals surface area contributed by atoms with Gasteiger partial charge in [0.15, 0.2) is 0 Å². The molecule has 0 bridgehead atoms. The van der Waals surface area contributed by atoms with Gasteiger partial charge in [0.1, 0.15) is 0 Å². The fourth-order valence-corrected chi connectivity index (χ4v) is 2.95. The van der Waals surface area contributed by atoms with Crippen molar-refractivity contribution in [1.82, 2.24) is 4.90 Å². The zero-order valence-corrected chi connectivity index (χ0v) is 13.4. The Morgan fingerprint density at radius 3 is 2.38 bits per heavy atom. The molecule has 0 aromatic carbocycles. The fraction of sp³-hybridized carbons (Fsp3) is 0.875. The number of carboxylic acids is 1. The molecule has 0 radical (unpaired) electrons. The lowest BCUT2D eigenvalue weighted by Crippen LogP contribution is -2.41. The molecular weight excluding hydrogens is 268 g/mol.